The molecule has 4 aromatic carbocycles. The third kappa shape index (κ3) is 6.80. The van der Waals surface area contributed by atoms with E-state index in [9.17, 15) is 9.59 Å². The van der Waals surface area contributed by atoms with Crippen LogP contribution < -0.4 is 19.6 Å². The number of rotatable bonds is 9. The first-order valence-electron chi connectivity index (χ1n) is 11.2. The summed E-state index contributed by atoms with van der Waals surface area (Å²) in [5.74, 6) is 0.785. The van der Waals surface area contributed by atoms with E-state index in [-0.39, 0.29) is 12.5 Å². The van der Waals surface area contributed by atoms with Gasteiger partial charge in [-0.25, -0.2) is 10.2 Å². The molecule has 0 unspecified atom stereocenters. The highest BCUT2D eigenvalue weighted by atomic mass is 16.5. The number of benzene rings is 4. The average Bonchev–Trinajstić information content (AvgIpc) is 2.93. The smallest absolute Gasteiger partial charge is 0.343 e. The summed E-state index contributed by atoms with van der Waals surface area (Å²) in [6.45, 7) is -0.164. The normalized spacial score (nSPS) is 10.6. The van der Waals surface area contributed by atoms with E-state index in [0.29, 0.717) is 22.8 Å². The molecule has 1 amide bonds. The van der Waals surface area contributed by atoms with E-state index in [1.165, 1.54) is 6.21 Å². The standard InChI is InChI=1S/C29H24N2O5/c1-34-25-15-11-24(12-16-25)29(33)36-27-13-7-21(8-14-27)19-30-31-28(32)20-35-26-17-9-23(10-18-26)22-5-3-2-4-6-22/h2-19H,20H2,1H3,(H,31,32)/b30-19-. The van der Waals surface area contributed by atoms with Crippen LogP contribution in [0.5, 0.6) is 17.2 Å². The maximum Gasteiger partial charge on any atom is 0.343 e. The molecule has 7 nitrogen and oxygen atoms in total. The van der Waals surface area contributed by atoms with Gasteiger partial charge in [-0.3, -0.25) is 4.79 Å². The van der Waals surface area contributed by atoms with Crippen molar-refractivity contribution >= 4 is 18.1 Å². The van der Waals surface area contributed by atoms with Crippen molar-refractivity contribution < 1.29 is 23.8 Å². The van der Waals surface area contributed by atoms with Crippen LogP contribution in [0.2, 0.25) is 0 Å². The number of hydrogen-bond donors (Lipinski definition) is 1. The van der Waals surface area contributed by atoms with Crippen LogP contribution in [0.4, 0.5) is 0 Å². The number of methoxy groups -OCH3 is 1. The number of ether oxygens (including phenoxy) is 3. The lowest BCUT2D eigenvalue weighted by atomic mass is 10.1. The maximum atomic E-state index is 12.2. The molecule has 1 N–H and O–H groups in total. The fourth-order valence-electron chi connectivity index (χ4n) is 3.25. The zero-order chi connectivity index (χ0) is 25.2. The molecule has 0 aliphatic rings. The van der Waals surface area contributed by atoms with Crippen molar-refractivity contribution in [3.63, 3.8) is 0 Å². The Hall–Kier alpha value is -4.91. The van der Waals surface area contributed by atoms with Crippen LogP contribution >= 0.6 is 0 Å². The molecule has 0 saturated heterocycles. The van der Waals surface area contributed by atoms with Gasteiger partial charge in [-0.1, -0.05) is 42.5 Å². The highest BCUT2D eigenvalue weighted by Crippen LogP contribution is 2.22. The van der Waals surface area contributed by atoms with E-state index >= 15 is 0 Å². The van der Waals surface area contributed by atoms with Gasteiger partial charge in [0.25, 0.3) is 5.91 Å². The first kappa shape index (κ1) is 24.2. The van der Waals surface area contributed by atoms with Gasteiger partial charge in [0, 0.05) is 0 Å². The third-order valence-electron chi connectivity index (χ3n) is 5.15. The van der Waals surface area contributed by atoms with E-state index in [1.807, 2.05) is 54.6 Å². The van der Waals surface area contributed by atoms with Crippen molar-refractivity contribution in [2.24, 2.45) is 5.10 Å². The first-order valence-corrected chi connectivity index (χ1v) is 11.2. The fraction of sp³-hybridized carbons (Fsp3) is 0.0690. The zero-order valence-electron chi connectivity index (χ0n) is 19.6. The second-order valence-electron chi connectivity index (χ2n) is 7.66. The topological polar surface area (TPSA) is 86.2 Å². The van der Waals surface area contributed by atoms with E-state index in [4.69, 9.17) is 14.2 Å². The third-order valence-corrected chi connectivity index (χ3v) is 5.15. The molecule has 36 heavy (non-hydrogen) atoms. The van der Waals surface area contributed by atoms with Crippen LogP contribution in [0.3, 0.4) is 0 Å². The van der Waals surface area contributed by atoms with E-state index in [1.54, 1.807) is 55.6 Å². The van der Waals surface area contributed by atoms with E-state index < -0.39 is 5.97 Å². The van der Waals surface area contributed by atoms with Crippen molar-refractivity contribution in [3.05, 3.63) is 114 Å². The summed E-state index contributed by atoms with van der Waals surface area (Å²) in [6.07, 6.45) is 1.49. The highest BCUT2D eigenvalue weighted by molar-refractivity contribution is 5.91. The molecule has 0 radical (unpaired) electrons. The Labute approximate surface area is 209 Å². The lowest BCUT2D eigenvalue weighted by Crippen LogP contribution is -2.24. The van der Waals surface area contributed by atoms with Gasteiger partial charge in [0.1, 0.15) is 17.2 Å². The Balaban J connectivity index is 1.21. The van der Waals surface area contributed by atoms with Gasteiger partial charge < -0.3 is 14.2 Å². The molecule has 0 heterocycles. The average molecular weight is 481 g/mol. The second-order valence-corrected chi connectivity index (χ2v) is 7.66. The molecule has 0 aliphatic heterocycles. The second kappa shape index (κ2) is 12.0. The zero-order valence-corrected chi connectivity index (χ0v) is 19.6. The first-order chi connectivity index (χ1) is 17.6. The summed E-state index contributed by atoms with van der Waals surface area (Å²) in [5.41, 5.74) is 5.74. The molecule has 7 heteroatoms. The molecule has 0 saturated carbocycles. The molecule has 180 valence electrons. The van der Waals surface area contributed by atoms with Gasteiger partial charge in [0.05, 0.1) is 18.9 Å². The molecule has 4 aromatic rings. The number of esters is 1. The summed E-state index contributed by atoms with van der Waals surface area (Å²) < 4.78 is 16.0. The largest absolute Gasteiger partial charge is 0.497 e. The van der Waals surface area contributed by atoms with Crippen LogP contribution in [-0.4, -0.2) is 31.8 Å². The Morgan fingerprint density at radius 3 is 2.03 bits per heavy atom. The number of amides is 1. The Morgan fingerprint density at radius 2 is 1.36 bits per heavy atom. The van der Waals surface area contributed by atoms with Crippen LogP contribution in [-0.2, 0) is 4.79 Å². The summed E-state index contributed by atoms with van der Waals surface area (Å²) >= 11 is 0. The minimum Gasteiger partial charge on any atom is -0.497 e. The van der Waals surface area contributed by atoms with Crippen molar-refractivity contribution in [2.75, 3.05) is 13.7 Å². The highest BCUT2D eigenvalue weighted by Gasteiger charge is 2.09. The van der Waals surface area contributed by atoms with Crippen molar-refractivity contribution in [2.45, 2.75) is 0 Å². The Kier molecular flexibility index (Phi) is 8.07. The number of hydrogen-bond acceptors (Lipinski definition) is 6. The van der Waals surface area contributed by atoms with Crippen molar-refractivity contribution in [1.82, 2.24) is 5.43 Å². The minimum atomic E-state index is -0.471. The van der Waals surface area contributed by atoms with Gasteiger partial charge in [-0.05, 0) is 77.4 Å². The molecule has 0 atom stereocenters. The fourth-order valence-corrected chi connectivity index (χ4v) is 3.25. The van der Waals surface area contributed by atoms with Crippen LogP contribution in [0.25, 0.3) is 11.1 Å². The minimum absolute atomic E-state index is 0.164. The SMILES string of the molecule is COc1ccc(C(=O)Oc2ccc(/C=N\NC(=O)COc3ccc(-c4ccccc4)cc3)cc2)cc1. The Bertz CT molecular complexity index is 1320. The monoisotopic (exact) mass is 480 g/mol. The quantitative estimate of drug-likeness (QED) is 0.156. The van der Waals surface area contributed by atoms with E-state index in [2.05, 4.69) is 10.5 Å². The number of carbonyl (C=O) groups excluding carboxylic acids is 2. The molecule has 0 aromatic heterocycles. The number of nitrogens with one attached hydrogen (secondary N) is 1. The van der Waals surface area contributed by atoms with E-state index in [0.717, 1.165) is 16.7 Å². The van der Waals surface area contributed by atoms with Crippen LogP contribution in [0.1, 0.15) is 15.9 Å². The predicted octanol–water partition coefficient (Wildman–Crippen LogP) is 5.11. The predicted molar refractivity (Wildman–Crippen MR) is 138 cm³/mol. The summed E-state index contributed by atoms with van der Waals surface area (Å²) in [7, 11) is 1.56. The van der Waals surface area contributed by atoms with Gasteiger partial charge in [0.2, 0.25) is 0 Å². The van der Waals surface area contributed by atoms with Gasteiger partial charge in [0.15, 0.2) is 6.61 Å². The van der Waals surface area contributed by atoms with Crippen molar-refractivity contribution in [3.8, 4) is 28.4 Å². The molecular formula is C29H24N2O5. The number of hydrazone groups is 1. The molecule has 0 fully saturated rings. The Morgan fingerprint density at radius 1 is 0.750 bits per heavy atom. The van der Waals surface area contributed by atoms with Crippen LogP contribution in [0, 0.1) is 0 Å². The molecule has 0 bridgehead atoms. The summed E-state index contributed by atoms with van der Waals surface area (Å²) in [4.78, 5) is 24.3. The van der Waals surface area contributed by atoms with Gasteiger partial charge >= 0.3 is 5.97 Å². The lowest BCUT2D eigenvalue weighted by Gasteiger charge is -2.07. The molecule has 0 aliphatic carbocycles. The number of carbonyl (C=O) groups is 2. The lowest BCUT2D eigenvalue weighted by molar-refractivity contribution is -0.123. The van der Waals surface area contributed by atoms with Gasteiger partial charge in [-0.2, -0.15) is 5.10 Å². The molecule has 0 spiro atoms. The summed E-state index contributed by atoms with van der Waals surface area (Å²) in [6, 6.07) is 30.9. The summed E-state index contributed by atoms with van der Waals surface area (Å²) in [5, 5.41) is 3.94. The van der Waals surface area contributed by atoms with Crippen molar-refractivity contribution in [1.29, 1.82) is 0 Å². The number of nitrogens with zero attached hydrogens (tertiary/aromatic N) is 1. The van der Waals surface area contributed by atoms with Crippen LogP contribution in [0.15, 0.2) is 108 Å². The van der Waals surface area contributed by atoms with Gasteiger partial charge in [-0.15, -0.1) is 0 Å². The maximum absolute atomic E-state index is 12.2. The molecular weight excluding hydrogens is 456 g/mol. The molecule has 4 rings (SSSR count).